The molecular formula is C24H20BrClN2O4. The van der Waals surface area contributed by atoms with E-state index in [1.165, 1.54) is 4.90 Å². The smallest absolute Gasteiger partial charge is 0.301 e. The lowest BCUT2D eigenvalue weighted by atomic mass is 9.93. The Morgan fingerprint density at radius 2 is 1.78 bits per heavy atom. The van der Waals surface area contributed by atoms with Crippen molar-refractivity contribution in [1.82, 2.24) is 5.16 Å². The summed E-state index contributed by atoms with van der Waals surface area (Å²) in [6, 6.07) is 14.3. The van der Waals surface area contributed by atoms with E-state index in [1.807, 2.05) is 20.8 Å². The van der Waals surface area contributed by atoms with Gasteiger partial charge in [-0.25, -0.2) is 0 Å². The van der Waals surface area contributed by atoms with Gasteiger partial charge in [0.05, 0.1) is 11.6 Å². The normalized spacial score (nSPS) is 18.4. The second-order valence-corrected chi connectivity index (χ2v) is 9.82. The van der Waals surface area contributed by atoms with Crippen LogP contribution in [0.3, 0.4) is 0 Å². The number of anilines is 1. The highest BCUT2D eigenvalue weighted by molar-refractivity contribution is 9.10. The van der Waals surface area contributed by atoms with Crippen LogP contribution >= 0.6 is 27.5 Å². The topological polar surface area (TPSA) is 83.6 Å². The van der Waals surface area contributed by atoms with Crippen molar-refractivity contribution in [3.8, 4) is 0 Å². The van der Waals surface area contributed by atoms with E-state index in [0.29, 0.717) is 21.9 Å². The summed E-state index contributed by atoms with van der Waals surface area (Å²) in [6.07, 6.45) is 0. The van der Waals surface area contributed by atoms with Crippen LogP contribution in [0.2, 0.25) is 5.02 Å². The summed E-state index contributed by atoms with van der Waals surface area (Å²) >= 11 is 9.82. The summed E-state index contributed by atoms with van der Waals surface area (Å²) in [4.78, 5) is 27.5. The van der Waals surface area contributed by atoms with E-state index in [2.05, 4.69) is 21.1 Å². The van der Waals surface area contributed by atoms with Gasteiger partial charge in [-0.2, -0.15) is 0 Å². The molecule has 2 aromatic carbocycles. The molecule has 3 aromatic rings. The van der Waals surface area contributed by atoms with Crippen LogP contribution in [-0.2, 0) is 15.0 Å². The Morgan fingerprint density at radius 1 is 1.12 bits per heavy atom. The first-order chi connectivity index (χ1) is 15.1. The number of carbonyl (C=O) groups excluding carboxylic acids is 2. The van der Waals surface area contributed by atoms with Gasteiger partial charge >= 0.3 is 5.91 Å². The van der Waals surface area contributed by atoms with Crippen molar-refractivity contribution in [3.05, 3.63) is 86.6 Å². The second-order valence-electron chi connectivity index (χ2n) is 8.50. The molecule has 8 heteroatoms. The number of halogens is 2. The molecule has 1 amide bonds. The summed E-state index contributed by atoms with van der Waals surface area (Å²) in [7, 11) is 0. The molecule has 164 valence electrons. The molecule has 1 aliphatic rings. The maximum atomic E-state index is 13.2. The molecule has 6 nitrogen and oxygen atoms in total. The standard InChI is InChI=1S/C24H20BrClN2O4/c1-24(2,3)17-12-18(27-32-17)28-20(15-6-4-5-7-16(15)26)19(22(30)23(28)31)21(29)13-8-10-14(25)11-9-13/h4-12,20,29H,1-3H3/t20-/m1/s1. The number of rotatable bonds is 3. The molecule has 1 aromatic heterocycles. The zero-order chi connectivity index (χ0) is 23.2. The van der Waals surface area contributed by atoms with E-state index in [1.54, 1.807) is 54.6 Å². The van der Waals surface area contributed by atoms with Gasteiger partial charge in [-0.3, -0.25) is 14.5 Å². The van der Waals surface area contributed by atoms with Gasteiger partial charge in [-0.05, 0) is 23.8 Å². The number of Topliss-reactive ketones (excluding diaryl/α,β-unsaturated/α-hetero) is 1. The maximum Gasteiger partial charge on any atom is 0.301 e. The molecule has 0 unspecified atom stereocenters. The van der Waals surface area contributed by atoms with Crippen LogP contribution in [-0.4, -0.2) is 22.0 Å². The molecule has 2 heterocycles. The lowest BCUT2D eigenvalue weighted by Gasteiger charge is -2.23. The average molecular weight is 516 g/mol. The number of nitrogens with zero attached hydrogens (tertiary/aromatic N) is 2. The molecule has 0 bridgehead atoms. The SMILES string of the molecule is CC(C)(C)c1cc(N2C(=O)C(=O)C(=C(O)c3ccc(Br)cc3)[C@H]2c2ccccc2Cl)no1. The fourth-order valence-corrected chi connectivity index (χ4v) is 4.06. The summed E-state index contributed by atoms with van der Waals surface area (Å²) < 4.78 is 6.28. The van der Waals surface area contributed by atoms with Gasteiger partial charge in [0.15, 0.2) is 5.82 Å². The predicted octanol–water partition coefficient (Wildman–Crippen LogP) is 6.01. The van der Waals surface area contributed by atoms with Gasteiger partial charge < -0.3 is 9.63 Å². The molecule has 1 N–H and O–H groups in total. The zero-order valence-electron chi connectivity index (χ0n) is 17.6. The number of hydrogen-bond donors (Lipinski definition) is 1. The minimum atomic E-state index is -0.967. The minimum absolute atomic E-state index is 0.0641. The molecule has 0 radical (unpaired) electrons. The van der Waals surface area contributed by atoms with Gasteiger partial charge in [0.25, 0.3) is 5.78 Å². The number of amides is 1. The van der Waals surface area contributed by atoms with E-state index in [0.717, 1.165) is 4.47 Å². The van der Waals surface area contributed by atoms with Crippen LogP contribution in [0.15, 0.2) is 69.2 Å². The monoisotopic (exact) mass is 514 g/mol. The van der Waals surface area contributed by atoms with E-state index in [4.69, 9.17) is 16.1 Å². The third kappa shape index (κ3) is 3.87. The maximum absolute atomic E-state index is 13.2. The number of ketones is 1. The van der Waals surface area contributed by atoms with E-state index in [9.17, 15) is 14.7 Å². The molecule has 32 heavy (non-hydrogen) atoms. The number of carbonyl (C=O) groups is 2. The fourth-order valence-electron chi connectivity index (χ4n) is 3.56. The van der Waals surface area contributed by atoms with Crippen molar-refractivity contribution < 1.29 is 19.2 Å². The van der Waals surface area contributed by atoms with Crippen molar-refractivity contribution in [3.63, 3.8) is 0 Å². The summed E-state index contributed by atoms with van der Waals surface area (Å²) in [6.45, 7) is 5.85. The van der Waals surface area contributed by atoms with Gasteiger partial charge in [0.1, 0.15) is 11.5 Å². The molecule has 1 aliphatic heterocycles. The van der Waals surface area contributed by atoms with Crippen molar-refractivity contribution in [1.29, 1.82) is 0 Å². The lowest BCUT2D eigenvalue weighted by molar-refractivity contribution is -0.132. The average Bonchev–Trinajstić information content (AvgIpc) is 3.32. The van der Waals surface area contributed by atoms with E-state index in [-0.39, 0.29) is 22.6 Å². The van der Waals surface area contributed by atoms with Crippen LogP contribution in [0.1, 0.15) is 43.7 Å². The first-order valence-electron chi connectivity index (χ1n) is 9.88. The molecule has 4 rings (SSSR count). The van der Waals surface area contributed by atoms with Crippen molar-refractivity contribution in [2.24, 2.45) is 0 Å². The minimum Gasteiger partial charge on any atom is -0.507 e. The highest BCUT2D eigenvalue weighted by Gasteiger charge is 2.49. The van der Waals surface area contributed by atoms with E-state index < -0.39 is 17.7 Å². The third-order valence-corrected chi connectivity index (χ3v) is 6.12. The van der Waals surface area contributed by atoms with E-state index >= 15 is 0 Å². The number of hydrogen-bond acceptors (Lipinski definition) is 5. The highest BCUT2D eigenvalue weighted by atomic mass is 79.9. The highest BCUT2D eigenvalue weighted by Crippen LogP contribution is 2.44. The number of aromatic nitrogens is 1. The fraction of sp³-hybridized carbons (Fsp3) is 0.208. The largest absolute Gasteiger partial charge is 0.507 e. The van der Waals surface area contributed by atoms with Crippen LogP contribution in [0.5, 0.6) is 0 Å². The molecule has 1 atom stereocenters. The van der Waals surface area contributed by atoms with Crippen LogP contribution in [0.25, 0.3) is 5.76 Å². The first kappa shape index (κ1) is 22.3. The Hall–Kier alpha value is -2.90. The Balaban J connectivity index is 1.94. The van der Waals surface area contributed by atoms with Crippen molar-refractivity contribution in [2.45, 2.75) is 32.2 Å². The van der Waals surface area contributed by atoms with Crippen LogP contribution < -0.4 is 4.90 Å². The molecule has 0 spiro atoms. The third-order valence-electron chi connectivity index (χ3n) is 5.25. The van der Waals surface area contributed by atoms with Gasteiger partial charge in [-0.15, -0.1) is 0 Å². The van der Waals surface area contributed by atoms with Crippen molar-refractivity contribution in [2.75, 3.05) is 4.90 Å². The van der Waals surface area contributed by atoms with Crippen LogP contribution in [0.4, 0.5) is 5.82 Å². The Kier molecular flexibility index (Phi) is 5.73. The van der Waals surface area contributed by atoms with Crippen molar-refractivity contribution >= 4 is 50.8 Å². The first-order valence-corrected chi connectivity index (χ1v) is 11.0. The predicted molar refractivity (Wildman–Crippen MR) is 126 cm³/mol. The second kappa shape index (κ2) is 8.22. The number of aliphatic hydroxyl groups excluding tert-OH is 1. The Labute approximate surface area is 198 Å². The van der Waals surface area contributed by atoms with Gasteiger partial charge in [-0.1, -0.05) is 83.8 Å². The molecule has 0 saturated carbocycles. The van der Waals surface area contributed by atoms with Crippen LogP contribution in [0, 0.1) is 0 Å². The molecule has 1 fully saturated rings. The zero-order valence-corrected chi connectivity index (χ0v) is 19.9. The molecule has 0 aliphatic carbocycles. The summed E-state index contributed by atoms with van der Waals surface area (Å²) in [5, 5.41) is 15.5. The Bertz CT molecular complexity index is 1240. The lowest BCUT2D eigenvalue weighted by Crippen LogP contribution is -2.30. The summed E-state index contributed by atoms with van der Waals surface area (Å²) in [5.41, 5.74) is 0.479. The number of aliphatic hydroxyl groups is 1. The molecule has 1 saturated heterocycles. The van der Waals surface area contributed by atoms with Gasteiger partial charge in [0, 0.05) is 26.5 Å². The quantitative estimate of drug-likeness (QED) is 0.262. The summed E-state index contributed by atoms with van der Waals surface area (Å²) in [5.74, 6) is -1.20. The van der Waals surface area contributed by atoms with Gasteiger partial charge in [0.2, 0.25) is 0 Å². The Morgan fingerprint density at radius 3 is 2.38 bits per heavy atom. The number of benzene rings is 2. The molecular weight excluding hydrogens is 496 g/mol.